The second-order valence-electron chi connectivity index (χ2n) is 5.64. The molecule has 0 radical (unpaired) electrons. The third kappa shape index (κ3) is 3.74. The molecule has 128 valence electrons. The predicted octanol–water partition coefficient (Wildman–Crippen LogP) is 1.50. The molecule has 1 aliphatic heterocycles. The molecule has 0 aromatic carbocycles. The number of nitrogens with zero attached hydrogens (tertiary/aromatic N) is 3. The highest BCUT2D eigenvalue weighted by Crippen LogP contribution is 2.27. The van der Waals surface area contributed by atoms with Gasteiger partial charge in [-0.2, -0.15) is 10.4 Å². The summed E-state index contributed by atoms with van der Waals surface area (Å²) in [7, 11) is -3.03. The van der Waals surface area contributed by atoms with E-state index in [0.717, 1.165) is 5.69 Å². The van der Waals surface area contributed by atoms with E-state index in [4.69, 9.17) is 4.74 Å². The predicted molar refractivity (Wildman–Crippen MR) is 88.8 cm³/mol. The number of carbonyl (C=O) groups excluding carboxylic acids is 1. The number of aromatic nitrogens is 2. The van der Waals surface area contributed by atoms with E-state index in [-0.39, 0.29) is 29.7 Å². The first-order valence-corrected chi connectivity index (χ1v) is 9.27. The smallest absolute Gasteiger partial charge is 0.349 e. The van der Waals surface area contributed by atoms with Crippen LogP contribution in [-0.2, 0) is 19.4 Å². The van der Waals surface area contributed by atoms with Gasteiger partial charge in [-0.25, -0.2) is 13.2 Å². The molecule has 0 aliphatic carbocycles. The molecule has 0 unspecified atom stereocenters. The van der Waals surface area contributed by atoms with Gasteiger partial charge < -0.3 is 4.74 Å². The van der Waals surface area contributed by atoms with Crippen LogP contribution in [0, 0.1) is 25.2 Å². The normalized spacial score (nSPS) is 19.7. The summed E-state index contributed by atoms with van der Waals surface area (Å²) >= 11 is 0. The first-order chi connectivity index (χ1) is 11.3. The van der Waals surface area contributed by atoms with Crippen LogP contribution in [-0.4, -0.2) is 42.3 Å². The molecule has 0 N–H and O–H groups in total. The van der Waals surface area contributed by atoms with Crippen molar-refractivity contribution in [2.24, 2.45) is 0 Å². The summed E-state index contributed by atoms with van der Waals surface area (Å²) in [6.07, 6.45) is 3.37. The zero-order valence-electron chi connectivity index (χ0n) is 13.7. The van der Waals surface area contributed by atoms with E-state index in [1.54, 1.807) is 18.5 Å². The summed E-state index contributed by atoms with van der Waals surface area (Å²) in [6, 6.07) is 1.61. The number of esters is 1. The molecule has 2 heterocycles. The van der Waals surface area contributed by atoms with Crippen molar-refractivity contribution in [3.8, 4) is 6.07 Å². The van der Waals surface area contributed by atoms with E-state index in [2.05, 4.69) is 11.7 Å². The summed E-state index contributed by atoms with van der Waals surface area (Å²) in [6.45, 7) is 7.02. The zero-order chi connectivity index (χ0) is 17.9. The molecule has 2 rings (SSSR count). The van der Waals surface area contributed by atoms with Crippen LogP contribution >= 0.6 is 0 Å². The fourth-order valence-electron chi connectivity index (χ4n) is 2.70. The molecular formula is C16H19N3O4S. The Kier molecular flexibility index (Phi) is 5.24. The van der Waals surface area contributed by atoms with E-state index >= 15 is 0 Å². The Morgan fingerprint density at radius 2 is 2.25 bits per heavy atom. The number of nitriles is 1. The van der Waals surface area contributed by atoms with Crippen LogP contribution in [0.25, 0.3) is 6.08 Å². The Labute approximate surface area is 141 Å². The first kappa shape index (κ1) is 17.9. The molecule has 1 aliphatic rings. The Bertz CT molecular complexity index is 843. The number of hydrogen-bond acceptors (Lipinski definition) is 6. The van der Waals surface area contributed by atoms with Crippen molar-refractivity contribution in [1.29, 1.82) is 5.26 Å². The minimum absolute atomic E-state index is 0.0228. The van der Waals surface area contributed by atoms with E-state index in [0.29, 0.717) is 17.7 Å². The third-order valence-corrected chi connectivity index (χ3v) is 5.65. The second kappa shape index (κ2) is 7.01. The summed E-state index contributed by atoms with van der Waals surface area (Å²) < 4.78 is 29.9. The largest absolute Gasteiger partial charge is 0.457 e. The van der Waals surface area contributed by atoms with Crippen molar-refractivity contribution >= 4 is 21.9 Å². The molecule has 1 fully saturated rings. The fourth-order valence-corrected chi connectivity index (χ4v) is 4.39. The van der Waals surface area contributed by atoms with Crippen LogP contribution in [0.15, 0.2) is 18.2 Å². The van der Waals surface area contributed by atoms with Crippen molar-refractivity contribution < 1.29 is 17.9 Å². The second-order valence-corrected chi connectivity index (χ2v) is 7.87. The minimum Gasteiger partial charge on any atom is -0.457 e. The molecule has 0 saturated carbocycles. The lowest BCUT2D eigenvalue weighted by Crippen LogP contribution is -2.14. The summed E-state index contributed by atoms with van der Waals surface area (Å²) in [5, 5.41) is 13.6. The van der Waals surface area contributed by atoms with Crippen LogP contribution in [0.1, 0.15) is 29.4 Å². The summed E-state index contributed by atoms with van der Waals surface area (Å²) in [5.74, 6) is -0.518. The van der Waals surface area contributed by atoms with Gasteiger partial charge in [-0.1, -0.05) is 12.7 Å². The molecule has 1 aromatic rings. The van der Waals surface area contributed by atoms with Gasteiger partial charge in [0.05, 0.1) is 23.2 Å². The molecule has 8 heteroatoms. The van der Waals surface area contributed by atoms with Gasteiger partial charge in [-0.3, -0.25) is 4.68 Å². The standard InChI is InChI=1S/C16H19N3O4S/c1-4-6-23-16(20)13(9-17)8-15-11(2)18-19(12(15)3)14-5-7-24(21,22)10-14/h4,8,14H,1,5-7,10H2,2-3H3/b13-8+/t14-/m0/s1. The molecule has 1 atom stereocenters. The van der Waals surface area contributed by atoms with Crippen LogP contribution in [0.4, 0.5) is 0 Å². The maximum atomic E-state index is 11.8. The molecule has 24 heavy (non-hydrogen) atoms. The number of carbonyl (C=O) groups is 1. The zero-order valence-corrected chi connectivity index (χ0v) is 14.5. The minimum atomic E-state index is -3.03. The number of ether oxygens (including phenoxy) is 1. The lowest BCUT2D eigenvalue weighted by molar-refractivity contribution is -0.137. The average molecular weight is 349 g/mol. The Hall–Kier alpha value is -2.40. The van der Waals surface area contributed by atoms with Crippen LogP contribution in [0.2, 0.25) is 0 Å². The van der Waals surface area contributed by atoms with E-state index in [9.17, 15) is 18.5 Å². The first-order valence-electron chi connectivity index (χ1n) is 7.45. The number of aryl methyl sites for hydroxylation is 1. The van der Waals surface area contributed by atoms with Crippen LogP contribution in [0.5, 0.6) is 0 Å². The van der Waals surface area contributed by atoms with Crippen LogP contribution in [0.3, 0.4) is 0 Å². The Morgan fingerprint density at radius 3 is 2.79 bits per heavy atom. The number of sulfone groups is 1. The molecule has 0 bridgehead atoms. The number of rotatable bonds is 5. The molecule has 0 spiro atoms. The molecular weight excluding hydrogens is 330 g/mol. The van der Waals surface area contributed by atoms with Gasteiger partial charge >= 0.3 is 5.97 Å². The van der Waals surface area contributed by atoms with Gasteiger partial charge in [-0.05, 0) is 26.3 Å². The maximum Gasteiger partial charge on any atom is 0.349 e. The highest BCUT2D eigenvalue weighted by atomic mass is 32.2. The van der Waals surface area contributed by atoms with Crippen molar-refractivity contribution in [1.82, 2.24) is 9.78 Å². The highest BCUT2D eigenvalue weighted by Gasteiger charge is 2.31. The fraction of sp³-hybridized carbons (Fsp3) is 0.438. The van der Waals surface area contributed by atoms with E-state index < -0.39 is 15.8 Å². The van der Waals surface area contributed by atoms with Crippen molar-refractivity contribution in [3.05, 3.63) is 35.2 Å². The highest BCUT2D eigenvalue weighted by molar-refractivity contribution is 7.91. The van der Waals surface area contributed by atoms with E-state index in [1.165, 1.54) is 12.2 Å². The molecule has 7 nitrogen and oxygen atoms in total. The van der Waals surface area contributed by atoms with Gasteiger partial charge in [-0.15, -0.1) is 0 Å². The topological polar surface area (TPSA) is 102 Å². The van der Waals surface area contributed by atoms with Gasteiger partial charge in [0.1, 0.15) is 18.2 Å². The Balaban J connectivity index is 2.35. The quantitative estimate of drug-likeness (QED) is 0.345. The Morgan fingerprint density at radius 1 is 1.54 bits per heavy atom. The van der Waals surface area contributed by atoms with Crippen molar-refractivity contribution in [2.45, 2.75) is 26.3 Å². The van der Waals surface area contributed by atoms with Crippen molar-refractivity contribution in [3.63, 3.8) is 0 Å². The van der Waals surface area contributed by atoms with Crippen LogP contribution < -0.4 is 0 Å². The van der Waals surface area contributed by atoms with Gasteiger partial charge in [0.15, 0.2) is 9.84 Å². The third-order valence-electron chi connectivity index (χ3n) is 3.90. The van der Waals surface area contributed by atoms with Gasteiger partial charge in [0.2, 0.25) is 0 Å². The molecule has 0 amide bonds. The lowest BCUT2D eigenvalue weighted by atomic mass is 10.1. The SMILES string of the molecule is C=CCOC(=O)/C(C#N)=C/c1c(C)nn([C@H]2CCS(=O)(=O)C2)c1C. The number of hydrogen-bond donors (Lipinski definition) is 0. The maximum absolute atomic E-state index is 11.8. The van der Waals surface area contributed by atoms with Crippen molar-refractivity contribution in [2.75, 3.05) is 18.1 Å². The summed E-state index contributed by atoms with van der Waals surface area (Å²) in [5.41, 5.74) is 1.84. The van der Waals surface area contributed by atoms with Gasteiger partial charge in [0, 0.05) is 11.3 Å². The molecule has 1 saturated heterocycles. The monoisotopic (exact) mass is 349 g/mol. The van der Waals surface area contributed by atoms with Gasteiger partial charge in [0.25, 0.3) is 0 Å². The summed E-state index contributed by atoms with van der Waals surface area (Å²) in [4.78, 5) is 11.8. The lowest BCUT2D eigenvalue weighted by Gasteiger charge is -2.11. The van der Waals surface area contributed by atoms with E-state index in [1.807, 2.05) is 6.07 Å². The molecule has 1 aromatic heterocycles. The average Bonchev–Trinajstić information content (AvgIpc) is 3.02.